The summed E-state index contributed by atoms with van der Waals surface area (Å²) in [6, 6.07) is 5.86. The molecule has 0 aliphatic carbocycles. The Morgan fingerprint density at radius 1 is 1.45 bits per heavy atom. The van der Waals surface area contributed by atoms with Gasteiger partial charge in [0.15, 0.2) is 5.69 Å². The van der Waals surface area contributed by atoms with Gasteiger partial charge in [0.05, 0.1) is 19.3 Å². The molecule has 6 heteroatoms. The Morgan fingerprint density at radius 2 is 2.20 bits per heavy atom. The summed E-state index contributed by atoms with van der Waals surface area (Å²) in [6.45, 7) is 4.32. The summed E-state index contributed by atoms with van der Waals surface area (Å²) in [4.78, 5) is 11.1. The molecule has 1 aromatic carbocycles. The highest BCUT2D eigenvalue weighted by atomic mass is 16.5. The second-order valence-electron chi connectivity index (χ2n) is 4.52. The highest BCUT2D eigenvalue weighted by Gasteiger charge is 2.18. The number of aromatic nitrogens is 3. The molecule has 1 aromatic heterocycles. The Bertz CT molecular complexity index is 635. The van der Waals surface area contributed by atoms with Gasteiger partial charge in [-0.25, -0.2) is 9.48 Å². The van der Waals surface area contributed by atoms with Gasteiger partial charge in [0, 0.05) is 5.56 Å². The first-order chi connectivity index (χ1) is 9.56. The minimum atomic E-state index is -1.05. The molecule has 0 bridgehead atoms. The van der Waals surface area contributed by atoms with E-state index in [2.05, 4.69) is 10.3 Å². The molecule has 0 aliphatic heterocycles. The largest absolute Gasteiger partial charge is 0.496 e. The summed E-state index contributed by atoms with van der Waals surface area (Å²) in [5.41, 5.74) is 2.68. The van der Waals surface area contributed by atoms with Crippen LogP contribution in [0.15, 0.2) is 18.2 Å². The van der Waals surface area contributed by atoms with Gasteiger partial charge in [-0.2, -0.15) is 0 Å². The van der Waals surface area contributed by atoms with E-state index in [1.807, 2.05) is 32.0 Å². The molecule has 0 saturated carbocycles. The number of methoxy groups -OCH3 is 1. The molecule has 0 fully saturated rings. The van der Waals surface area contributed by atoms with Crippen LogP contribution < -0.4 is 4.74 Å². The Balaban J connectivity index is 2.40. The summed E-state index contributed by atoms with van der Waals surface area (Å²) in [5, 5.41) is 16.8. The van der Waals surface area contributed by atoms with Crippen LogP contribution >= 0.6 is 0 Å². The third-order valence-corrected chi connectivity index (χ3v) is 3.13. The first-order valence-corrected chi connectivity index (χ1v) is 6.36. The van der Waals surface area contributed by atoms with E-state index in [-0.39, 0.29) is 5.69 Å². The molecule has 0 amide bonds. The van der Waals surface area contributed by atoms with E-state index >= 15 is 0 Å². The van der Waals surface area contributed by atoms with Gasteiger partial charge < -0.3 is 9.84 Å². The number of hydrogen-bond donors (Lipinski definition) is 1. The highest BCUT2D eigenvalue weighted by Crippen LogP contribution is 2.21. The smallest absolute Gasteiger partial charge is 0.358 e. The molecule has 0 unspecified atom stereocenters. The Labute approximate surface area is 117 Å². The predicted octanol–water partition coefficient (Wildman–Crippen LogP) is 1.90. The van der Waals surface area contributed by atoms with E-state index in [1.54, 1.807) is 11.8 Å². The molecular weight excluding hydrogens is 258 g/mol. The Hall–Kier alpha value is -2.37. The maximum absolute atomic E-state index is 11.1. The fourth-order valence-electron chi connectivity index (χ4n) is 2.17. The van der Waals surface area contributed by atoms with Gasteiger partial charge >= 0.3 is 5.97 Å². The molecule has 6 nitrogen and oxygen atoms in total. The molecule has 106 valence electrons. The topological polar surface area (TPSA) is 77.2 Å². The maximum atomic E-state index is 11.1. The van der Waals surface area contributed by atoms with Gasteiger partial charge in [0.25, 0.3) is 0 Å². The molecule has 0 spiro atoms. The number of carbonyl (C=O) groups is 1. The number of aromatic carboxylic acids is 1. The van der Waals surface area contributed by atoms with Gasteiger partial charge in [-0.15, -0.1) is 5.10 Å². The lowest BCUT2D eigenvalue weighted by Crippen LogP contribution is -2.09. The van der Waals surface area contributed by atoms with Crippen molar-refractivity contribution < 1.29 is 14.6 Å². The second kappa shape index (κ2) is 5.73. The minimum Gasteiger partial charge on any atom is -0.496 e. The molecule has 1 N–H and O–H groups in total. The molecular formula is C14H17N3O3. The van der Waals surface area contributed by atoms with E-state index < -0.39 is 5.97 Å². The van der Waals surface area contributed by atoms with E-state index in [4.69, 9.17) is 9.84 Å². The van der Waals surface area contributed by atoms with Crippen molar-refractivity contribution in [1.29, 1.82) is 0 Å². The summed E-state index contributed by atoms with van der Waals surface area (Å²) in [5.74, 6) is -0.297. The van der Waals surface area contributed by atoms with Crippen LogP contribution in [-0.2, 0) is 13.0 Å². The Kier molecular flexibility index (Phi) is 4.02. The SMILES string of the molecule is CCc1c(C(=O)O)nnn1Cc1cc(C)ccc1OC. The van der Waals surface area contributed by atoms with Crippen molar-refractivity contribution in [3.05, 3.63) is 40.7 Å². The molecule has 2 rings (SSSR count). The molecule has 0 radical (unpaired) electrons. The van der Waals surface area contributed by atoms with Gasteiger partial charge in [-0.3, -0.25) is 0 Å². The number of ether oxygens (including phenoxy) is 1. The zero-order valence-corrected chi connectivity index (χ0v) is 11.8. The third kappa shape index (κ3) is 2.64. The fourth-order valence-corrected chi connectivity index (χ4v) is 2.17. The lowest BCUT2D eigenvalue weighted by Gasteiger charge is -2.11. The van der Waals surface area contributed by atoms with E-state index in [0.717, 1.165) is 16.9 Å². The third-order valence-electron chi connectivity index (χ3n) is 3.13. The average Bonchev–Trinajstić information content (AvgIpc) is 2.82. The normalized spacial score (nSPS) is 10.6. The second-order valence-corrected chi connectivity index (χ2v) is 4.52. The predicted molar refractivity (Wildman–Crippen MR) is 73.2 cm³/mol. The van der Waals surface area contributed by atoms with Crippen molar-refractivity contribution in [3.8, 4) is 5.75 Å². The quantitative estimate of drug-likeness (QED) is 0.901. The van der Waals surface area contributed by atoms with Gasteiger partial charge in [-0.1, -0.05) is 29.8 Å². The average molecular weight is 275 g/mol. The number of rotatable bonds is 5. The van der Waals surface area contributed by atoms with Crippen LogP contribution in [0.1, 0.15) is 34.2 Å². The molecule has 0 aliphatic rings. The number of carboxylic acid groups (broad SMARTS) is 1. The summed E-state index contributed by atoms with van der Waals surface area (Å²) < 4.78 is 6.93. The van der Waals surface area contributed by atoms with Crippen LogP contribution in [-0.4, -0.2) is 33.2 Å². The lowest BCUT2D eigenvalue weighted by atomic mass is 10.1. The standard InChI is InChI=1S/C14H17N3O3/c1-4-11-13(14(18)19)15-16-17(11)8-10-7-9(2)5-6-12(10)20-3/h5-7H,4,8H2,1-3H3,(H,18,19). The number of carboxylic acids is 1. The van der Waals surface area contributed by atoms with Crippen molar-refractivity contribution >= 4 is 5.97 Å². The van der Waals surface area contributed by atoms with Gasteiger partial charge in [-0.05, 0) is 19.4 Å². The van der Waals surface area contributed by atoms with Gasteiger partial charge in [0.1, 0.15) is 5.75 Å². The van der Waals surface area contributed by atoms with Crippen LogP contribution in [0.25, 0.3) is 0 Å². The zero-order chi connectivity index (χ0) is 14.7. The van der Waals surface area contributed by atoms with Crippen molar-refractivity contribution in [1.82, 2.24) is 15.0 Å². The van der Waals surface area contributed by atoms with Crippen LogP contribution in [0.3, 0.4) is 0 Å². The summed E-state index contributed by atoms with van der Waals surface area (Å²) in [7, 11) is 1.61. The van der Waals surface area contributed by atoms with Crippen molar-refractivity contribution in [2.75, 3.05) is 7.11 Å². The first kappa shape index (κ1) is 14.0. The van der Waals surface area contributed by atoms with E-state index in [9.17, 15) is 4.79 Å². The number of benzene rings is 1. The zero-order valence-electron chi connectivity index (χ0n) is 11.8. The summed E-state index contributed by atoms with van der Waals surface area (Å²) in [6.07, 6.45) is 0.558. The molecule has 0 saturated heterocycles. The highest BCUT2D eigenvalue weighted by molar-refractivity contribution is 5.86. The molecule has 20 heavy (non-hydrogen) atoms. The number of nitrogens with zero attached hydrogens (tertiary/aromatic N) is 3. The first-order valence-electron chi connectivity index (χ1n) is 6.36. The van der Waals surface area contributed by atoms with Gasteiger partial charge in [0.2, 0.25) is 0 Å². The number of aryl methyl sites for hydroxylation is 1. The van der Waals surface area contributed by atoms with Crippen molar-refractivity contribution in [2.45, 2.75) is 26.8 Å². The van der Waals surface area contributed by atoms with Crippen LogP contribution in [0.2, 0.25) is 0 Å². The number of hydrogen-bond acceptors (Lipinski definition) is 4. The van der Waals surface area contributed by atoms with Crippen LogP contribution in [0.4, 0.5) is 0 Å². The molecule has 1 heterocycles. The van der Waals surface area contributed by atoms with Crippen LogP contribution in [0.5, 0.6) is 5.75 Å². The van der Waals surface area contributed by atoms with Crippen LogP contribution in [0, 0.1) is 6.92 Å². The molecule has 2 aromatic rings. The maximum Gasteiger partial charge on any atom is 0.358 e. The van der Waals surface area contributed by atoms with Crippen molar-refractivity contribution in [2.24, 2.45) is 0 Å². The van der Waals surface area contributed by atoms with Crippen molar-refractivity contribution in [3.63, 3.8) is 0 Å². The van der Waals surface area contributed by atoms with E-state index in [0.29, 0.717) is 18.7 Å². The Morgan fingerprint density at radius 3 is 2.80 bits per heavy atom. The molecule has 0 atom stereocenters. The summed E-state index contributed by atoms with van der Waals surface area (Å²) >= 11 is 0. The monoisotopic (exact) mass is 275 g/mol. The fraction of sp³-hybridized carbons (Fsp3) is 0.357. The van der Waals surface area contributed by atoms with E-state index in [1.165, 1.54) is 0 Å². The lowest BCUT2D eigenvalue weighted by molar-refractivity contribution is 0.0689. The minimum absolute atomic E-state index is 0.0131.